The van der Waals surface area contributed by atoms with Crippen molar-refractivity contribution in [3.63, 3.8) is 0 Å². The Morgan fingerprint density at radius 3 is 2.53 bits per heavy atom. The Bertz CT molecular complexity index is 612. The molecule has 0 aliphatic carbocycles. The third-order valence-electron chi connectivity index (χ3n) is 2.12. The van der Waals surface area contributed by atoms with Gasteiger partial charge in [-0.2, -0.15) is 5.26 Å². The molecule has 1 rings (SSSR count). The summed E-state index contributed by atoms with van der Waals surface area (Å²) in [5.41, 5.74) is 1.01. The molecule has 0 amide bonds. The van der Waals surface area contributed by atoms with Crippen LogP contribution in [0.5, 0.6) is 0 Å². The zero-order valence-electron chi connectivity index (χ0n) is 9.91. The Morgan fingerprint density at radius 2 is 2.00 bits per heavy atom. The van der Waals surface area contributed by atoms with Crippen molar-refractivity contribution in [1.82, 2.24) is 4.72 Å². The van der Waals surface area contributed by atoms with E-state index in [4.69, 9.17) is 10.4 Å². The Morgan fingerprint density at radius 1 is 1.37 bits per heavy atom. The second-order valence-corrected chi connectivity index (χ2v) is 5.46. The summed E-state index contributed by atoms with van der Waals surface area (Å²) < 4.78 is 25.5. The molecule has 0 atom stereocenters. The van der Waals surface area contributed by atoms with Crippen molar-refractivity contribution in [2.24, 2.45) is 0 Å². The van der Waals surface area contributed by atoms with Gasteiger partial charge in [0.25, 0.3) is 0 Å². The van der Waals surface area contributed by atoms with Gasteiger partial charge in [-0.15, -0.1) is 0 Å². The van der Waals surface area contributed by atoms with Crippen LogP contribution in [0.4, 0.5) is 0 Å². The second-order valence-electron chi connectivity index (χ2n) is 3.66. The summed E-state index contributed by atoms with van der Waals surface area (Å²) in [5.74, 6) is -1.36. The van der Waals surface area contributed by atoms with Gasteiger partial charge in [-0.05, 0) is 17.7 Å². The van der Waals surface area contributed by atoms with Gasteiger partial charge in [-0.25, -0.2) is 17.9 Å². The molecule has 0 unspecified atom stereocenters. The molecule has 100 valence electrons. The number of nitrogens with zero attached hydrogens (tertiary/aromatic N) is 1. The molecule has 0 spiro atoms. The maximum Gasteiger partial charge on any atom is 0.328 e. The molecule has 0 aliphatic rings. The molecular weight excluding hydrogens is 268 g/mol. The van der Waals surface area contributed by atoms with E-state index in [1.54, 1.807) is 12.1 Å². The lowest BCUT2D eigenvalue weighted by atomic mass is 10.2. The highest BCUT2D eigenvalue weighted by Gasteiger charge is 2.10. The summed E-state index contributed by atoms with van der Waals surface area (Å²) in [7, 11) is -3.53. The Hall–Kier alpha value is -2.17. The lowest BCUT2D eigenvalue weighted by molar-refractivity contribution is -0.131. The lowest BCUT2D eigenvalue weighted by Crippen LogP contribution is -2.25. The van der Waals surface area contributed by atoms with Crippen LogP contribution in [-0.4, -0.2) is 26.0 Å². The summed E-state index contributed by atoms with van der Waals surface area (Å²) in [5, 5.41) is 17.0. The van der Waals surface area contributed by atoms with Gasteiger partial charge in [0.1, 0.15) is 0 Å². The molecule has 6 nitrogen and oxygen atoms in total. The minimum atomic E-state index is -3.53. The fraction of sp³-hybridized carbons (Fsp3) is 0.167. The maximum atomic E-state index is 11.6. The topological polar surface area (TPSA) is 107 Å². The van der Waals surface area contributed by atoms with Crippen LogP contribution in [0.3, 0.4) is 0 Å². The number of nitrogens with one attached hydrogen (secondary N) is 1. The Kier molecular flexibility index (Phi) is 5.23. The smallest absolute Gasteiger partial charge is 0.328 e. The highest BCUT2D eigenvalue weighted by atomic mass is 32.2. The number of carboxylic acid groups (broad SMARTS) is 1. The Labute approximate surface area is 111 Å². The third kappa shape index (κ3) is 5.81. The second kappa shape index (κ2) is 6.68. The molecule has 0 radical (unpaired) electrons. The van der Waals surface area contributed by atoms with Gasteiger partial charge in [-0.1, -0.05) is 18.2 Å². The summed E-state index contributed by atoms with van der Waals surface area (Å²) in [6.07, 6.45) is 2.07. The fourth-order valence-corrected chi connectivity index (χ4v) is 2.36. The van der Waals surface area contributed by atoms with Crippen molar-refractivity contribution in [1.29, 1.82) is 5.26 Å². The highest BCUT2D eigenvalue weighted by Crippen LogP contribution is 2.06. The summed E-state index contributed by atoms with van der Waals surface area (Å²) in [4.78, 5) is 10.2. The number of sulfonamides is 1. The Balaban J connectivity index is 2.59. The van der Waals surface area contributed by atoms with Crippen molar-refractivity contribution in [2.45, 2.75) is 5.75 Å². The summed E-state index contributed by atoms with van der Waals surface area (Å²) in [6, 6.07) is 8.13. The number of rotatable bonds is 6. The van der Waals surface area contributed by atoms with Crippen molar-refractivity contribution < 1.29 is 18.3 Å². The highest BCUT2D eigenvalue weighted by molar-refractivity contribution is 7.88. The van der Waals surface area contributed by atoms with Crippen molar-refractivity contribution in [3.05, 3.63) is 47.5 Å². The molecule has 0 heterocycles. The molecule has 0 aromatic heterocycles. The number of benzene rings is 1. The first-order valence-corrected chi connectivity index (χ1v) is 6.94. The van der Waals surface area contributed by atoms with E-state index >= 15 is 0 Å². The van der Waals surface area contributed by atoms with Crippen LogP contribution in [0.1, 0.15) is 11.1 Å². The standard InChI is InChI=1S/C12H12N2O4S/c13-8-10-3-5-11(6-4-10)9-19(17,18)14-7-1-2-12(15)16/h1-6,14H,7,9H2,(H,15,16)/b2-1+. The van der Waals surface area contributed by atoms with Crippen molar-refractivity contribution in [2.75, 3.05) is 6.54 Å². The predicted octanol–water partition coefficient (Wildman–Crippen LogP) is 0.618. The molecule has 7 heteroatoms. The molecule has 2 N–H and O–H groups in total. The van der Waals surface area contributed by atoms with E-state index in [9.17, 15) is 13.2 Å². The van der Waals surface area contributed by atoms with Crippen molar-refractivity contribution >= 4 is 16.0 Å². The molecular formula is C12H12N2O4S. The van der Waals surface area contributed by atoms with Gasteiger partial charge in [0.2, 0.25) is 10.0 Å². The monoisotopic (exact) mass is 280 g/mol. The lowest BCUT2D eigenvalue weighted by Gasteiger charge is -2.04. The van der Waals surface area contributed by atoms with Gasteiger partial charge < -0.3 is 5.11 Å². The molecule has 0 bridgehead atoms. The average Bonchev–Trinajstić information content (AvgIpc) is 2.35. The van der Waals surface area contributed by atoms with E-state index in [0.717, 1.165) is 6.08 Å². The normalized spacial score (nSPS) is 11.3. The predicted molar refractivity (Wildman–Crippen MR) is 68.6 cm³/mol. The van der Waals surface area contributed by atoms with Crippen LogP contribution < -0.4 is 4.72 Å². The number of nitriles is 1. The van der Waals surface area contributed by atoms with Crippen LogP contribution in [0.2, 0.25) is 0 Å². The number of hydrogen-bond acceptors (Lipinski definition) is 4. The molecule has 0 saturated heterocycles. The number of carbonyl (C=O) groups is 1. The largest absolute Gasteiger partial charge is 0.478 e. The molecule has 1 aromatic rings. The number of aliphatic carboxylic acids is 1. The number of hydrogen-bond donors (Lipinski definition) is 2. The van der Waals surface area contributed by atoms with Gasteiger partial charge in [0, 0.05) is 12.6 Å². The average molecular weight is 280 g/mol. The van der Waals surface area contributed by atoms with Gasteiger partial charge in [0.15, 0.2) is 0 Å². The molecule has 1 aromatic carbocycles. The minimum Gasteiger partial charge on any atom is -0.478 e. The van der Waals surface area contributed by atoms with Crippen LogP contribution in [0.25, 0.3) is 0 Å². The zero-order chi connectivity index (χ0) is 14.3. The van der Waals surface area contributed by atoms with Crippen LogP contribution in [-0.2, 0) is 20.6 Å². The van der Waals surface area contributed by atoms with Crippen LogP contribution in [0.15, 0.2) is 36.4 Å². The van der Waals surface area contributed by atoms with Gasteiger partial charge >= 0.3 is 5.97 Å². The SMILES string of the molecule is N#Cc1ccc(CS(=O)(=O)NC/C=C/C(=O)O)cc1. The number of carboxylic acids is 1. The van der Waals surface area contributed by atoms with E-state index in [0.29, 0.717) is 11.1 Å². The van der Waals surface area contributed by atoms with E-state index < -0.39 is 16.0 Å². The zero-order valence-corrected chi connectivity index (χ0v) is 10.7. The molecule has 19 heavy (non-hydrogen) atoms. The van der Waals surface area contributed by atoms with Gasteiger partial charge in [0.05, 0.1) is 17.4 Å². The molecule has 0 saturated carbocycles. The molecule has 0 aliphatic heterocycles. The first kappa shape index (κ1) is 14.9. The first-order chi connectivity index (χ1) is 8.93. The third-order valence-corrected chi connectivity index (χ3v) is 3.44. The minimum absolute atomic E-state index is 0.0785. The van der Waals surface area contributed by atoms with Gasteiger partial charge in [-0.3, -0.25) is 0 Å². The van der Waals surface area contributed by atoms with Crippen LogP contribution >= 0.6 is 0 Å². The van der Waals surface area contributed by atoms with E-state index in [1.165, 1.54) is 18.2 Å². The summed E-state index contributed by atoms with van der Waals surface area (Å²) in [6.45, 7) is -0.0785. The fourth-order valence-electron chi connectivity index (χ4n) is 1.28. The quantitative estimate of drug-likeness (QED) is 0.743. The maximum absolute atomic E-state index is 11.6. The van der Waals surface area contributed by atoms with E-state index in [1.807, 2.05) is 6.07 Å². The van der Waals surface area contributed by atoms with E-state index in [2.05, 4.69) is 4.72 Å². The first-order valence-electron chi connectivity index (χ1n) is 5.29. The van der Waals surface area contributed by atoms with Crippen molar-refractivity contribution in [3.8, 4) is 6.07 Å². The van der Waals surface area contributed by atoms with Crippen LogP contribution in [0, 0.1) is 11.3 Å². The van der Waals surface area contributed by atoms with E-state index in [-0.39, 0.29) is 12.3 Å². The molecule has 0 fully saturated rings. The summed E-state index contributed by atoms with van der Waals surface area (Å²) >= 11 is 0.